The van der Waals surface area contributed by atoms with Crippen molar-refractivity contribution < 1.29 is 9.18 Å². The minimum Gasteiger partial charge on any atom is -0.319 e. The molecular weight excluding hydrogens is 339 g/mol. The number of nitrogens with zero attached hydrogens (tertiary/aromatic N) is 2. The van der Waals surface area contributed by atoms with E-state index in [0.717, 1.165) is 5.75 Å². The van der Waals surface area contributed by atoms with Crippen LogP contribution in [0.5, 0.6) is 0 Å². The van der Waals surface area contributed by atoms with Crippen LogP contribution in [0, 0.1) is 5.82 Å². The van der Waals surface area contributed by atoms with Crippen molar-refractivity contribution in [3.05, 3.63) is 52.5 Å². The first-order valence-corrected chi connectivity index (χ1v) is 9.12. The van der Waals surface area contributed by atoms with Crippen LogP contribution >= 0.6 is 35.3 Å². The molecule has 22 heavy (non-hydrogen) atoms. The van der Waals surface area contributed by atoms with E-state index in [0.29, 0.717) is 10.8 Å². The summed E-state index contributed by atoms with van der Waals surface area (Å²) in [4.78, 5) is 16.2. The van der Waals surface area contributed by atoms with Gasteiger partial charge in [-0.1, -0.05) is 0 Å². The topological polar surface area (TPSA) is 23.6 Å². The summed E-state index contributed by atoms with van der Waals surface area (Å²) in [7, 11) is 0. The van der Waals surface area contributed by atoms with Gasteiger partial charge < -0.3 is 4.90 Å². The Bertz CT molecular complexity index is 732. The molecular formula is C15H11FN2OS3. The van der Waals surface area contributed by atoms with Crippen LogP contribution in [-0.2, 0) is 4.79 Å². The van der Waals surface area contributed by atoms with Crippen LogP contribution in [0.4, 0.5) is 10.1 Å². The summed E-state index contributed by atoms with van der Waals surface area (Å²) in [5.41, 5.74) is 1.80. The van der Waals surface area contributed by atoms with Gasteiger partial charge in [0.1, 0.15) is 17.2 Å². The zero-order valence-corrected chi connectivity index (χ0v) is 13.8. The van der Waals surface area contributed by atoms with E-state index in [1.807, 2.05) is 10.3 Å². The van der Waals surface area contributed by atoms with Gasteiger partial charge in [-0.15, -0.1) is 11.8 Å². The number of thioether (sulfide) groups is 1. The molecule has 2 aliphatic heterocycles. The van der Waals surface area contributed by atoms with Crippen LogP contribution in [0.25, 0.3) is 0 Å². The van der Waals surface area contributed by atoms with Gasteiger partial charge in [-0.25, -0.2) is 4.39 Å². The third-order valence-corrected chi connectivity index (χ3v) is 6.25. The molecule has 1 aromatic carbocycles. The second-order valence-corrected chi connectivity index (χ2v) is 7.36. The highest BCUT2D eigenvalue weighted by atomic mass is 32.2. The summed E-state index contributed by atoms with van der Waals surface area (Å²) >= 11 is 8.92. The van der Waals surface area contributed by atoms with E-state index < -0.39 is 0 Å². The highest BCUT2D eigenvalue weighted by Gasteiger charge is 2.50. The van der Waals surface area contributed by atoms with E-state index in [1.54, 1.807) is 35.2 Å². The number of hydrogen-bond acceptors (Lipinski definition) is 4. The average Bonchev–Trinajstić information content (AvgIpc) is 3.21. The summed E-state index contributed by atoms with van der Waals surface area (Å²) in [6.45, 7) is 0. The van der Waals surface area contributed by atoms with Crippen LogP contribution < -0.4 is 4.90 Å². The van der Waals surface area contributed by atoms with Crippen LogP contribution in [0.3, 0.4) is 0 Å². The summed E-state index contributed by atoms with van der Waals surface area (Å²) in [6, 6.07) is 7.72. The molecule has 2 aromatic rings. The molecule has 2 atom stereocenters. The zero-order chi connectivity index (χ0) is 15.3. The Morgan fingerprint density at radius 1 is 1.23 bits per heavy atom. The van der Waals surface area contributed by atoms with E-state index in [2.05, 4.69) is 11.4 Å². The number of thiophene rings is 1. The molecule has 2 fully saturated rings. The summed E-state index contributed by atoms with van der Waals surface area (Å²) in [5, 5.41) is 4.70. The van der Waals surface area contributed by atoms with Crippen LogP contribution in [0.15, 0.2) is 41.1 Å². The molecule has 0 spiro atoms. The number of carbonyl (C=O) groups is 1. The van der Waals surface area contributed by atoms with Crippen molar-refractivity contribution in [1.29, 1.82) is 0 Å². The quantitative estimate of drug-likeness (QED) is 0.772. The Labute approximate surface area is 140 Å². The molecule has 2 aliphatic rings. The van der Waals surface area contributed by atoms with Gasteiger partial charge in [0, 0.05) is 5.75 Å². The number of anilines is 1. The van der Waals surface area contributed by atoms with Gasteiger partial charge in [-0.3, -0.25) is 9.69 Å². The van der Waals surface area contributed by atoms with Gasteiger partial charge in [0.25, 0.3) is 5.91 Å². The molecule has 3 nitrogen and oxygen atoms in total. The van der Waals surface area contributed by atoms with E-state index >= 15 is 0 Å². The molecule has 0 saturated carbocycles. The summed E-state index contributed by atoms with van der Waals surface area (Å²) in [6.07, 6.45) is 0. The predicted octanol–water partition coefficient (Wildman–Crippen LogP) is 3.63. The van der Waals surface area contributed by atoms with Crippen LogP contribution in [-0.4, -0.2) is 27.7 Å². The first-order chi connectivity index (χ1) is 10.7. The second-order valence-electron chi connectivity index (χ2n) is 5.10. The van der Waals surface area contributed by atoms with Crippen molar-refractivity contribution in [2.45, 2.75) is 11.4 Å². The highest BCUT2D eigenvalue weighted by molar-refractivity contribution is 7.99. The molecule has 0 radical (unpaired) electrons. The Hall–Kier alpha value is -1.44. The SMILES string of the molecule is O=C1C2CSC(c3ccsc3)N2C(=S)N1c1ccc(F)cc1. The molecule has 0 bridgehead atoms. The maximum Gasteiger partial charge on any atom is 0.257 e. The van der Waals surface area contributed by atoms with E-state index in [4.69, 9.17) is 12.2 Å². The van der Waals surface area contributed by atoms with E-state index in [9.17, 15) is 9.18 Å². The molecule has 3 heterocycles. The number of halogens is 1. The third-order valence-electron chi connectivity index (χ3n) is 3.83. The number of rotatable bonds is 2. The van der Waals surface area contributed by atoms with Gasteiger partial charge >= 0.3 is 0 Å². The molecule has 112 valence electrons. The fraction of sp³-hybridized carbons (Fsp3) is 0.200. The third kappa shape index (κ3) is 2.07. The Morgan fingerprint density at radius 2 is 2.00 bits per heavy atom. The predicted molar refractivity (Wildman–Crippen MR) is 91.6 cm³/mol. The van der Waals surface area contributed by atoms with Crippen molar-refractivity contribution in [1.82, 2.24) is 4.90 Å². The number of carbonyl (C=O) groups excluding carboxylic acids is 1. The minimum atomic E-state index is -0.325. The summed E-state index contributed by atoms with van der Waals surface area (Å²) < 4.78 is 13.1. The monoisotopic (exact) mass is 350 g/mol. The van der Waals surface area contributed by atoms with Crippen LogP contribution in [0.1, 0.15) is 10.9 Å². The molecule has 0 N–H and O–H groups in total. The fourth-order valence-electron chi connectivity index (χ4n) is 2.79. The number of benzene rings is 1. The lowest BCUT2D eigenvalue weighted by Gasteiger charge is -2.24. The maximum absolute atomic E-state index is 13.1. The van der Waals surface area contributed by atoms with E-state index in [1.165, 1.54) is 22.6 Å². The number of thiocarbonyl (C=S) groups is 1. The number of hydrogen-bond donors (Lipinski definition) is 0. The molecule has 2 saturated heterocycles. The Balaban J connectivity index is 1.69. The van der Waals surface area contributed by atoms with Gasteiger partial charge in [-0.2, -0.15) is 11.3 Å². The molecule has 2 unspecified atom stereocenters. The van der Waals surface area contributed by atoms with Crippen molar-refractivity contribution in [3.8, 4) is 0 Å². The second kappa shape index (κ2) is 5.33. The molecule has 0 aliphatic carbocycles. The van der Waals surface area contributed by atoms with Gasteiger partial charge in [0.05, 0.1) is 5.69 Å². The van der Waals surface area contributed by atoms with Crippen molar-refractivity contribution in [3.63, 3.8) is 0 Å². The number of fused-ring (bicyclic) bond motifs is 1. The molecule has 7 heteroatoms. The van der Waals surface area contributed by atoms with Crippen molar-refractivity contribution >= 4 is 52.0 Å². The normalized spacial score (nSPS) is 24.2. The van der Waals surface area contributed by atoms with Crippen molar-refractivity contribution in [2.75, 3.05) is 10.7 Å². The first kappa shape index (κ1) is 14.2. The van der Waals surface area contributed by atoms with Gasteiger partial charge in [-0.05, 0) is 58.9 Å². The lowest BCUT2D eigenvalue weighted by atomic mass is 10.2. The first-order valence-electron chi connectivity index (χ1n) is 6.72. The minimum absolute atomic E-state index is 0.0261. The lowest BCUT2D eigenvalue weighted by Crippen LogP contribution is -2.33. The van der Waals surface area contributed by atoms with Gasteiger partial charge in [0.15, 0.2) is 5.11 Å². The highest BCUT2D eigenvalue weighted by Crippen LogP contribution is 2.46. The average molecular weight is 350 g/mol. The Morgan fingerprint density at radius 3 is 2.68 bits per heavy atom. The van der Waals surface area contributed by atoms with E-state index in [-0.39, 0.29) is 23.1 Å². The Kier molecular flexibility index (Phi) is 3.43. The lowest BCUT2D eigenvalue weighted by molar-refractivity contribution is -0.119. The molecule has 4 rings (SSSR count). The van der Waals surface area contributed by atoms with Crippen LogP contribution in [0.2, 0.25) is 0 Å². The zero-order valence-electron chi connectivity index (χ0n) is 11.3. The van der Waals surface area contributed by atoms with Crippen molar-refractivity contribution in [2.24, 2.45) is 0 Å². The standard InChI is InChI=1S/C15H11FN2OS3/c16-10-1-3-11(4-2-10)17-13(19)12-8-22-14(18(12)15(17)20)9-5-6-21-7-9/h1-7,12,14H,8H2. The molecule has 1 amide bonds. The number of amides is 1. The fourth-order valence-corrected chi connectivity index (χ4v) is 5.46. The largest absolute Gasteiger partial charge is 0.319 e. The van der Waals surface area contributed by atoms with Gasteiger partial charge in [0.2, 0.25) is 0 Å². The maximum atomic E-state index is 13.1. The molecule has 1 aromatic heterocycles. The summed E-state index contributed by atoms with van der Waals surface area (Å²) in [5.74, 6) is 0.368. The smallest absolute Gasteiger partial charge is 0.257 e.